The van der Waals surface area contributed by atoms with Crippen molar-refractivity contribution in [3.63, 3.8) is 0 Å². The average molecular weight is 2230 g/mol. The third-order valence-corrected chi connectivity index (χ3v) is 30.2. The van der Waals surface area contributed by atoms with Crippen LogP contribution in [-0.4, -0.2) is 194 Å². The van der Waals surface area contributed by atoms with E-state index in [1.807, 2.05) is 233 Å². The van der Waals surface area contributed by atoms with E-state index in [1.165, 1.54) is 41.4 Å². The van der Waals surface area contributed by atoms with Gasteiger partial charge in [-0.1, -0.05) is 331 Å². The van der Waals surface area contributed by atoms with E-state index in [1.54, 1.807) is 23.5 Å². The van der Waals surface area contributed by atoms with Crippen LogP contribution in [0, 0.1) is 0 Å². The van der Waals surface area contributed by atoms with E-state index in [0.29, 0.717) is 38.0 Å². The monoisotopic (exact) mass is 2230 g/mol. The Bertz CT molecular complexity index is 7990. The molecule has 23 heteroatoms. The molecule has 1 aliphatic heterocycles. The lowest BCUT2D eigenvalue weighted by molar-refractivity contribution is 0.0622. The number of aromatic nitrogens is 9. The number of rotatable bonds is 31. The molecule has 756 valence electrons. The standard InChI is InChI=1S/C33H34BrN3O.C32H28BrN5O.C31H34BrN3O.C30H29BrN4O/c1-36(2)18-17-33(38,29-16-10-14-24-13-8-9-15-28(24)29)30-22-27(34)21-25-20-26(19-23-11-6-5-7-12-23)32(37(3)4)35-31(25)30;1-37(2)16-15-32(39,28-14-8-12-22-11-6-7-13-26(22)28)29-19-25(33)17-24-18-27(23-9-4-3-5-10-23)31(36-30(24)29)38-21-34-20-35-38;1-34(2)18-15-31(36,26-13-7-4-8-14-26)27-22-29-24(21-28(27)32)20-25(19-23-11-5-3-6-12-23)30(33-29)35-16-9-10-17-35;1-34(2)15-13-30(36,25-11-7-4-8-12-25)27-20-26(31)19-23-18-24(17-22-9-5-3-6-10-22)29(33-28(23)27)35-16-14-32-21-35/h5-16,20-22,38H,17-19H2,1-4H3;3-14,17-21,39H,15-16H2,1-2H3;3-8,11-14,20-22,36H,9-10,15-19H2,1-2H3;3-12,14,16,18-21,36H,13,15,17H2,1-2H3. The molecule has 0 spiro atoms. The molecule has 20 aromatic rings. The molecule has 19 nitrogen and oxygen atoms in total. The molecule has 4 N–H and O–H groups in total. The van der Waals surface area contributed by atoms with Crippen LogP contribution >= 0.6 is 63.7 Å². The second-order valence-corrected chi connectivity index (χ2v) is 43.7. The van der Waals surface area contributed by atoms with E-state index in [-0.39, 0.29) is 0 Å². The molecular formula is C126H125Br4N15O4. The molecule has 1 fully saturated rings. The SMILES string of the molecule is CN(C)CCC(O)(c1cccc2ccccc12)c1cc(Br)cc2cc(-c3ccccc3)c(-n3cncn3)nc12.CN(C)CCC(O)(c1cccc2ccccc12)c1cc(Br)cc2cc(Cc3ccccc3)c(N(C)C)nc12.CN(C)CCC(O)(c1ccccc1)c1cc(Br)cc2cc(Cc3ccccc3)c(-n3ccnc3)nc12.CN(C)CCC(O)(c1ccccc1)c1cc2nc(N3CCCC3)c(Cc3ccccc3)cc2cc1Br. The fourth-order valence-electron chi connectivity index (χ4n) is 20.5. The molecular weight excluding hydrogens is 2110 g/mol. The Balaban J connectivity index is 0.000000130. The lowest BCUT2D eigenvalue weighted by Crippen LogP contribution is -2.32. The first-order valence-corrected chi connectivity index (χ1v) is 53.8. The minimum absolute atomic E-state index is 0.486. The largest absolute Gasteiger partial charge is 0.380 e. The summed E-state index contributed by atoms with van der Waals surface area (Å²) in [6.45, 7) is 4.98. The van der Waals surface area contributed by atoms with Gasteiger partial charge in [0.05, 0.1) is 22.1 Å². The van der Waals surface area contributed by atoms with Gasteiger partial charge < -0.3 is 49.8 Å². The van der Waals surface area contributed by atoms with E-state index in [2.05, 4.69) is 296 Å². The molecule has 0 saturated carbocycles. The fraction of sp³-hybridized carbons (Fsp3) is 0.230. The summed E-state index contributed by atoms with van der Waals surface area (Å²) >= 11 is 15.0. The predicted octanol–water partition coefficient (Wildman–Crippen LogP) is 25.9. The molecule has 0 radical (unpaired) electrons. The summed E-state index contributed by atoms with van der Waals surface area (Å²) < 4.78 is 7.25. The number of halogens is 4. The fourth-order valence-corrected chi connectivity index (χ4v) is 22.6. The van der Waals surface area contributed by atoms with E-state index in [4.69, 9.17) is 19.9 Å². The zero-order valence-electron chi connectivity index (χ0n) is 85.8. The summed E-state index contributed by atoms with van der Waals surface area (Å²) in [5, 5.41) is 62.8. The van der Waals surface area contributed by atoms with Crippen LogP contribution in [0.2, 0.25) is 0 Å². The Morgan fingerprint density at radius 1 is 0.329 bits per heavy atom. The predicted molar refractivity (Wildman–Crippen MR) is 624 cm³/mol. The van der Waals surface area contributed by atoms with Crippen molar-refractivity contribution >= 4 is 141 Å². The zero-order chi connectivity index (χ0) is 104. The number of hydrogen-bond donors (Lipinski definition) is 4. The van der Waals surface area contributed by atoms with Crippen LogP contribution in [0.5, 0.6) is 0 Å². The van der Waals surface area contributed by atoms with Crippen molar-refractivity contribution in [3.8, 4) is 22.8 Å². The van der Waals surface area contributed by atoms with Crippen LogP contribution in [0.4, 0.5) is 11.6 Å². The average Bonchev–Trinajstić information content (AvgIpc) is 1.17. The molecule has 6 aromatic heterocycles. The van der Waals surface area contributed by atoms with E-state index >= 15 is 0 Å². The Hall–Kier alpha value is -13.2. The summed E-state index contributed by atoms with van der Waals surface area (Å²) in [4.78, 5) is 42.2. The van der Waals surface area contributed by atoms with Crippen LogP contribution in [-0.2, 0) is 41.7 Å². The third-order valence-electron chi connectivity index (χ3n) is 28.1. The first kappa shape index (κ1) is 106. The van der Waals surface area contributed by atoms with Gasteiger partial charge in [-0.3, -0.25) is 4.57 Å². The molecule has 149 heavy (non-hydrogen) atoms. The summed E-state index contributed by atoms with van der Waals surface area (Å²) in [6.07, 6.45) is 15.5. The smallest absolute Gasteiger partial charge is 0.163 e. The molecule has 21 rings (SSSR count). The van der Waals surface area contributed by atoms with Crippen molar-refractivity contribution in [3.05, 3.63) is 467 Å². The van der Waals surface area contributed by atoms with Crippen LogP contribution in [0.3, 0.4) is 0 Å². The van der Waals surface area contributed by atoms with E-state index in [9.17, 15) is 20.4 Å². The summed E-state index contributed by atoms with van der Waals surface area (Å²) in [5.74, 6) is 3.46. The molecule has 4 unspecified atom stereocenters. The highest BCUT2D eigenvalue weighted by atomic mass is 79.9. The van der Waals surface area contributed by atoms with Crippen LogP contribution in [0.25, 0.3) is 87.9 Å². The Morgan fingerprint density at radius 3 is 1.18 bits per heavy atom. The van der Waals surface area contributed by atoms with Gasteiger partial charge in [0.25, 0.3) is 0 Å². The molecule has 7 heterocycles. The van der Waals surface area contributed by atoms with Crippen molar-refractivity contribution < 1.29 is 20.4 Å². The molecule has 14 aromatic carbocycles. The molecule has 0 amide bonds. The first-order chi connectivity index (χ1) is 72.1. The van der Waals surface area contributed by atoms with Gasteiger partial charge in [-0.25, -0.2) is 34.6 Å². The Labute approximate surface area is 906 Å². The number of hydrogen-bond acceptors (Lipinski definition) is 17. The number of nitrogens with zero attached hydrogens (tertiary/aromatic N) is 15. The van der Waals surface area contributed by atoms with Crippen molar-refractivity contribution in [1.29, 1.82) is 0 Å². The van der Waals surface area contributed by atoms with Gasteiger partial charge in [-0.05, 0) is 245 Å². The van der Waals surface area contributed by atoms with E-state index in [0.717, 1.165) is 219 Å². The number of benzene rings is 14. The molecule has 4 atom stereocenters. The minimum Gasteiger partial charge on any atom is -0.380 e. The van der Waals surface area contributed by atoms with Gasteiger partial charge in [0.1, 0.15) is 58.8 Å². The highest BCUT2D eigenvalue weighted by Gasteiger charge is 2.41. The van der Waals surface area contributed by atoms with Crippen molar-refractivity contribution in [2.75, 3.05) is 120 Å². The van der Waals surface area contributed by atoms with Crippen LogP contribution in [0.1, 0.15) is 116 Å². The summed E-state index contributed by atoms with van der Waals surface area (Å²) in [7, 11) is 20.3. The maximum absolute atomic E-state index is 12.8. The quantitative estimate of drug-likeness (QED) is 0.0319. The van der Waals surface area contributed by atoms with E-state index < -0.39 is 22.4 Å². The summed E-state index contributed by atoms with van der Waals surface area (Å²) in [6, 6.07) is 116. The maximum atomic E-state index is 12.8. The number of anilines is 2. The molecule has 1 aliphatic rings. The minimum atomic E-state index is -1.31. The van der Waals surface area contributed by atoms with Crippen molar-refractivity contribution in [2.24, 2.45) is 0 Å². The number of aliphatic hydroxyl groups is 4. The van der Waals surface area contributed by atoms with Gasteiger partial charge in [-0.2, -0.15) is 5.10 Å². The summed E-state index contributed by atoms with van der Waals surface area (Å²) in [5.41, 5.74) is 14.2. The molecule has 0 aliphatic carbocycles. The van der Waals surface area contributed by atoms with Crippen LogP contribution in [0.15, 0.2) is 389 Å². The lowest BCUT2D eigenvalue weighted by Gasteiger charge is -2.33. The maximum Gasteiger partial charge on any atom is 0.163 e. The topological polar surface area (TPSA) is 200 Å². The number of fused-ring (bicyclic) bond motifs is 6. The van der Waals surface area contributed by atoms with Gasteiger partial charge in [0.15, 0.2) is 5.82 Å². The second kappa shape index (κ2) is 47.3. The highest BCUT2D eigenvalue weighted by molar-refractivity contribution is 9.11. The Kier molecular flexibility index (Phi) is 33.6. The van der Waals surface area contributed by atoms with Gasteiger partial charge in [-0.15, -0.1) is 0 Å². The van der Waals surface area contributed by atoms with Crippen LogP contribution < -0.4 is 9.80 Å². The molecule has 1 saturated heterocycles. The number of pyridine rings is 4. The third kappa shape index (κ3) is 24.1. The van der Waals surface area contributed by atoms with Gasteiger partial charge in [0.2, 0.25) is 0 Å². The van der Waals surface area contributed by atoms with Gasteiger partial charge in [0, 0.05) is 158 Å². The van der Waals surface area contributed by atoms with Crippen molar-refractivity contribution in [1.82, 2.24) is 63.9 Å². The zero-order valence-corrected chi connectivity index (χ0v) is 92.2. The normalized spacial score (nSPS) is 13.8. The Morgan fingerprint density at radius 2 is 0.725 bits per heavy atom. The lowest BCUT2D eigenvalue weighted by atomic mass is 9.80. The van der Waals surface area contributed by atoms with Gasteiger partial charge >= 0.3 is 0 Å². The number of imidazole rings is 1. The highest BCUT2D eigenvalue weighted by Crippen LogP contribution is 2.48. The second-order valence-electron chi connectivity index (χ2n) is 40.1. The van der Waals surface area contributed by atoms with Crippen molar-refractivity contribution in [2.45, 2.75) is 80.2 Å². The first-order valence-electron chi connectivity index (χ1n) is 50.6. The molecule has 0 bridgehead atoms.